The Morgan fingerprint density at radius 1 is 1.25 bits per heavy atom. The van der Waals surface area contributed by atoms with Crippen molar-refractivity contribution in [1.29, 1.82) is 0 Å². The minimum absolute atomic E-state index is 0.132. The first-order valence-electron chi connectivity index (χ1n) is 11.8. The number of nitrogens with zero attached hydrogens (tertiary/aromatic N) is 1. The van der Waals surface area contributed by atoms with Crippen molar-refractivity contribution >= 4 is 15.9 Å². The predicted octanol–water partition coefficient (Wildman–Crippen LogP) is 4.82. The molecule has 2 aliphatic carbocycles. The third kappa shape index (κ3) is 5.56. The molecule has 0 aromatic heterocycles. The average molecular weight is 468 g/mol. The lowest BCUT2D eigenvalue weighted by Crippen LogP contribution is -2.35. The van der Waals surface area contributed by atoms with Crippen LogP contribution in [0, 0.1) is 23.6 Å². The van der Waals surface area contributed by atoms with E-state index < -0.39 is 15.7 Å². The molecule has 4 rings (SSSR count). The number of sulfone groups is 1. The molecular formula is C24H34FNO5S. The van der Waals surface area contributed by atoms with Crippen molar-refractivity contribution in [2.24, 2.45) is 17.8 Å². The molecule has 1 unspecified atom stereocenters. The van der Waals surface area contributed by atoms with E-state index in [1.54, 1.807) is 0 Å². The van der Waals surface area contributed by atoms with Crippen LogP contribution in [0.2, 0.25) is 0 Å². The fraction of sp³-hybridized carbons (Fsp3) is 0.708. The summed E-state index contributed by atoms with van der Waals surface area (Å²) in [5.41, 5.74) is -0.224. The van der Waals surface area contributed by atoms with Crippen LogP contribution in [0.3, 0.4) is 0 Å². The van der Waals surface area contributed by atoms with Gasteiger partial charge in [0, 0.05) is 19.2 Å². The van der Waals surface area contributed by atoms with Gasteiger partial charge in [0.25, 0.3) is 0 Å². The third-order valence-corrected chi connectivity index (χ3v) is 9.04. The molecule has 2 saturated carbocycles. The number of amides is 1. The second-order valence-electron chi connectivity index (χ2n) is 9.79. The van der Waals surface area contributed by atoms with Gasteiger partial charge < -0.3 is 14.4 Å². The maximum atomic E-state index is 14.2. The lowest BCUT2D eigenvalue weighted by molar-refractivity contribution is 0.0591. The molecule has 0 N–H and O–H groups in total. The first kappa shape index (κ1) is 23.3. The molecule has 32 heavy (non-hydrogen) atoms. The summed E-state index contributed by atoms with van der Waals surface area (Å²) >= 11 is 0. The normalized spacial score (nSPS) is 26.8. The molecule has 1 aromatic rings. The van der Waals surface area contributed by atoms with E-state index in [2.05, 4.69) is 0 Å². The van der Waals surface area contributed by atoms with Gasteiger partial charge in [-0.25, -0.2) is 17.6 Å². The maximum absolute atomic E-state index is 14.2. The second-order valence-corrected chi connectivity index (χ2v) is 12.0. The summed E-state index contributed by atoms with van der Waals surface area (Å²) in [6.07, 6.45) is 7.04. The van der Waals surface area contributed by atoms with Crippen molar-refractivity contribution in [3.8, 4) is 5.75 Å². The van der Waals surface area contributed by atoms with E-state index in [1.165, 1.54) is 25.5 Å². The molecule has 3 atom stereocenters. The highest BCUT2D eigenvalue weighted by Gasteiger charge is 2.44. The lowest BCUT2D eigenvalue weighted by Gasteiger charge is -2.22. The number of carbonyl (C=O) groups excluding carboxylic acids is 1. The fourth-order valence-electron chi connectivity index (χ4n) is 4.77. The molecule has 3 aliphatic rings. The highest BCUT2D eigenvalue weighted by atomic mass is 32.2. The monoisotopic (exact) mass is 467 g/mol. The van der Waals surface area contributed by atoms with Crippen LogP contribution in [0.25, 0.3) is 0 Å². The molecule has 1 aliphatic heterocycles. The van der Waals surface area contributed by atoms with Gasteiger partial charge in [0.05, 0.1) is 12.4 Å². The average Bonchev–Trinajstić information content (AvgIpc) is 3.65. The van der Waals surface area contributed by atoms with Crippen LogP contribution in [-0.2, 0) is 14.6 Å². The Hall–Kier alpha value is -1.83. The van der Waals surface area contributed by atoms with Gasteiger partial charge in [-0.1, -0.05) is 6.92 Å². The van der Waals surface area contributed by atoms with E-state index in [0.29, 0.717) is 30.1 Å². The van der Waals surface area contributed by atoms with Crippen molar-refractivity contribution in [1.82, 2.24) is 4.90 Å². The molecular weight excluding hydrogens is 433 g/mol. The molecule has 6 nitrogen and oxygen atoms in total. The van der Waals surface area contributed by atoms with Crippen LogP contribution >= 0.6 is 0 Å². The number of likely N-dealkylation sites (tertiary alicyclic amines) is 1. The van der Waals surface area contributed by atoms with Crippen molar-refractivity contribution in [3.05, 3.63) is 24.0 Å². The van der Waals surface area contributed by atoms with E-state index in [0.717, 1.165) is 57.7 Å². The quantitative estimate of drug-likeness (QED) is 0.548. The zero-order valence-electron chi connectivity index (χ0n) is 19.0. The number of benzene rings is 1. The zero-order valence-corrected chi connectivity index (χ0v) is 19.8. The maximum Gasteiger partial charge on any atom is 0.410 e. The first-order chi connectivity index (χ1) is 15.2. The lowest BCUT2D eigenvalue weighted by atomic mass is 9.93. The highest BCUT2D eigenvalue weighted by molar-refractivity contribution is 7.91. The summed E-state index contributed by atoms with van der Waals surface area (Å²) in [4.78, 5) is 14.0. The summed E-state index contributed by atoms with van der Waals surface area (Å²) in [7, 11) is -3.57. The summed E-state index contributed by atoms with van der Waals surface area (Å²) in [6, 6.07) is 3.97. The third-order valence-electron chi connectivity index (χ3n) is 7.28. The first-order valence-corrected chi connectivity index (χ1v) is 13.5. The molecule has 3 fully saturated rings. The van der Waals surface area contributed by atoms with Gasteiger partial charge in [-0.2, -0.15) is 0 Å². The Morgan fingerprint density at radius 3 is 2.72 bits per heavy atom. The number of carbonyl (C=O) groups is 1. The van der Waals surface area contributed by atoms with E-state index in [-0.39, 0.29) is 22.3 Å². The molecule has 0 bridgehead atoms. The van der Waals surface area contributed by atoms with Crippen molar-refractivity contribution in [2.75, 3.05) is 25.4 Å². The molecule has 1 amide bonds. The van der Waals surface area contributed by atoms with Crippen molar-refractivity contribution in [2.45, 2.75) is 69.3 Å². The van der Waals surface area contributed by atoms with Crippen LogP contribution in [0.15, 0.2) is 23.1 Å². The van der Waals surface area contributed by atoms with Crippen LogP contribution < -0.4 is 4.74 Å². The number of ether oxygens (including phenoxy) is 2. The molecule has 8 heteroatoms. The number of rotatable bonds is 8. The molecule has 0 radical (unpaired) electrons. The summed E-state index contributed by atoms with van der Waals surface area (Å²) in [5.74, 6) is 1.38. The van der Waals surface area contributed by atoms with E-state index in [1.807, 2.05) is 11.8 Å². The van der Waals surface area contributed by atoms with Crippen molar-refractivity contribution in [3.63, 3.8) is 0 Å². The van der Waals surface area contributed by atoms with Crippen LogP contribution in [0.4, 0.5) is 9.18 Å². The summed E-state index contributed by atoms with van der Waals surface area (Å²) in [5, 5.41) is 0. The van der Waals surface area contributed by atoms with E-state index >= 15 is 0 Å². The molecule has 1 aromatic carbocycles. The van der Waals surface area contributed by atoms with Gasteiger partial charge in [0.15, 0.2) is 9.84 Å². The number of hydrogen-bond donors (Lipinski definition) is 0. The Morgan fingerprint density at radius 2 is 2.03 bits per heavy atom. The topological polar surface area (TPSA) is 72.9 Å². The second kappa shape index (κ2) is 9.20. The fourth-order valence-corrected chi connectivity index (χ4v) is 5.72. The van der Waals surface area contributed by atoms with Gasteiger partial charge in [-0.05, 0) is 81.8 Å². The summed E-state index contributed by atoms with van der Waals surface area (Å²) < 4.78 is 49.2. The van der Waals surface area contributed by atoms with Crippen molar-refractivity contribution < 1.29 is 27.1 Å². The number of halogens is 1. The zero-order chi connectivity index (χ0) is 22.9. The molecule has 0 spiro atoms. The van der Waals surface area contributed by atoms with Gasteiger partial charge in [-0.3, -0.25) is 0 Å². The van der Waals surface area contributed by atoms with Gasteiger partial charge in [-0.15, -0.1) is 0 Å². The minimum atomic E-state index is -3.57. The molecule has 178 valence electrons. The van der Waals surface area contributed by atoms with Gasteiger partial charge in [0.1, 0.15) is 22.1 Å². The minimum Gasteiger partial charge on any atom is -0.493 e. The Bertz CT molecular complexity index is 946. The summed E-state index contributed by atoms with van der Waals surface area (Å²) in [6.45, 7) is 5.53. The van der Waals surface area contributed by atoms with Crippen LogP contribution in [0.1, 0.15) is 58.8 Å². The van der Waals surface area contributed by atoms with Crippen LogP contribution in [-0.4, -0.2) is 50.5 Å². The van der Waals surface area contributed by atoms with Gasteiger partial charge in [0.2, 0.25) is 0 Å². The highest BCUT2D eigenvalue weighted by Crippen LogP contribution is 2.50. The van der Waals surface area contributed by atoms with Gasteiger partial charge >= 0.3 is 6.09 Å². The Kier molecular flexibility index (Phi) is 6.71. The Balaban J connectivity index is 1.20. The smallest absolute Gasteiger partial charge is 0.410 e. The molecule has 1 heterocycles. The number of hydrogen-bond acceptors (Lipinski definition) is 5. The Labute approximate surface area is 190 Å². The van der Waals surface area contributed by atoms with E-state index in [9.17, 15) is 17.6 Å². The standard InChI is InChI=1S/C24H34FNO5S/c1-3-32(28,29)22-7-6-19(16-21(22)25)30-14-9-18-15-20(18)17-5-4-12-26(13-8-17)23(27)31-24(2)10-11-24/h6-7,16-18,20H,3-5,8-15H2,1-2H3/t17?,18-,20-/m1/s1. The largest absolute Gasteiger partial charge is 0.493 e. The van der Waals surface area contributed by atoms with Crippen LogP contribution in [0.5, 0.6) is 5.75 Å². The SMILES string of the molecule is CCS(=O)(=O)c1ccc(OCC[C@@H]2C[C@@H]2C2CCCN(C(=O)OC3(C)CC3)CC2)cc1F. The predicted molar refractivity (Wildman–Crippen MR) is 119 cm³/mol. The molecule has 1 saturated heterocycles. The van der Waals surface area contributed by atoms with E-state index in [4.69, 9.17) is 9.47 Å².